The van der Waals surface area contributed by atoms with Gasteiger partial charge >= 0.3 is 12.0 Å². The number of carbonyl (C=O) groups excluding carboxylic acids is 3. The van der Waals surface area contributed by atoms with Crippen LogP contribution >= 0.6 is 0 Å². The molecule has 11 nitrogen and oxygen atoms in total. The molecule has 1 heterocycles. The van der Waals surface area contributed by atoms with Crippen molar-refractivity contribution in [2.24, 2.45) is 5.10 Å². The van der Waals surface area contributed by atoms with Crippen LogP contribution in [0.4, 0.5) is 4.79 Å². The molecule has 1 atom stereocenters. The standard InChI is InChI=1S/C31H32N4O7/c1-5-15-41-24-13-11-20-9-7-8-10-22(20)23(24)17-32-35-27(36)18-42-25-14-12-21(16-26(25)39-4)29-28(30(37)40-6-2)19(3)33-31(38)34-29/h5,7-14,16-17,29H,1,6,15,18H2,2-4H3,(H,35,36)(H2,33,34,38)/b32-17+/t29-/m1/s1. The zero-order chi connectivity index (χ0) is 30.1. The van der Waals surface area contributed by atoms with Gasteiger partial charge in [-0.1, -0.05) is 49.1 Å². The van der Waals surface area contributed by atoms with Crippen molar-refractivity contribution in [3.05, 3.63) is 89.6 Å². The number of hydrogen-bond acceptors (Lipinski definition) is 8. The minimum Gasteiger partial charge on any atom is -0.493 e. The van der Waals surface area contributed by atoms with Crippen molar-refractivity contribution < 1.29 is 33.3 Å². The van der Waals surface area contributed by atoms with Gasteiger partial charge in [-0.2, -0.15) is 5.10 Å². The number of rotatable bonds is 12. The number of hydrazone groups is 1. The Bertz CT molecular complexity index is 1560. The Morgan fingerprint density at radius 1 is 1.07 bits per heavy atom. The average Bonchev–Trinajstić information content (AvgIpc) is 2.99. The summed E-state index contributed by atoms with van der Waals surface area (Å²) in [4.78, 5) is 37.3. The number of fused-ring (bicyclic) bond motifs is 1. The van der Waals surface area contributed by atoms with Crippen LogP contribution in [0.5, 0.6) is 17.2 Å². The number of ether oxygens (including phenoxy) is 4. The third kappa shape index (κ3) is 6.87. The molecule has 11 heteroatoms. The summed E-state index contributed by atoms with van der Waals surface area (Å²) in [5, 5.41) is 11.4. The summed E-state index contributed by atoms with van der Waals surface area (Å²) in [7, 11) is 1.45. The van der Waals surface area contributed by atoms with E-state index >= 15 is 0 Å². The van der Waals surface area contributed by atoms with E-state index in [9.17, 15) is 14.4 Å². The number of benzene rings is 3. The zero-order valence-electron chi connectivity index (χ0n) is 23.6. The van der Waals surface area contributed by atoms with Crippen LogP contribution in [0.1, 0.15) is 31.0 Å². The molecule has 0 spiro atoms. The topological polar surface area (TPSA) is 137 Å². The van der Waals surface area contributed by atoms with Crippen molar-refractivity contribution in [3.8, 4) is 17.2 Å². The quantitative estimate of drug-likeness (QED) is 0.128. The maximum absolute atomic E-state index is 12.6. The fraction of sp³-hybridized carbons (Fsp3) is 0.226. The summed E-state index contributed by atoms with van der Waals surface area (Å²) in [6.07, 6.45) is 3.17. The van der Waals surface area contributed by atoms with Crippen LogP contribution in [0, 0.1) is 0 Å². The van der Waals surface area contributed by atoms with E-state index < -0.39 is 23.9 Å². The Hall–Kier alpha value is -5.32. The second-order valence-electron chi connectivity index (χ2n) is 9.08. The first-order valence-corrected chi connectivity index (χ1v) is 13.2. The Kier molecular flexibility index (Phi) is 9.77. The van der Waals surface area contributed by atoms with Gasteiger partial charge in [-0.05, 0) is 48.4 Å². The number of hydrogen-bond donors (Lipinski definition) is 3. The molecule has 0 radical (unpaired) electrons. The number of methoxy groups -OCH3 is 1. The van der Waals surface area contributed by atoms with Crippen molar-refractivity contribution in [2.45, 2.75) is 19.9 Å². The number of urea groups is 1. The van der Waals surface area contributed by atoms with Gasteiger partial charge in [0.25, 0.3) is 5.91 Å². The summed E-state index contributed by atoms with van der Waals surface area (Å²) >= 11 is 0. The molecule has 0 saturated carbocycles. The number of carbonyl (C=O) groups is 3. The van der Waals surface area contributed by atoms with Crippen LogP contribution in [0.15, 0.2) is 83.6 Å². The van der Waals surface area contributed by atoms with Crippen molar-refractivity contribution in [1.82, 2.24) is 16.1 Å². The Morgan fingerprint density at radius 3 is 2.62 bits per heavy atom. The SMILES string of the molecule is C=CCOc1ccc2ccccc2c1/C=N/NC(=O)COc1ccc([C@H]2NC(=O)NC(C)=C2C(=O)OCC)cc1OC. The van der Waals surface area contributed by atoms with Gasteiger partial charge in [0.05, 0.1) is 31.5 Å². The Labute approximate surface area is 243 Å². The van der Waals surface area contributed by atoms with Gasteiger partial charge in [-0.3, -0.25) is 4.79 Å². The zero-order valence-corrected chi connectivity index (χ0v) is 23.6. The van der Waals surface area contributed by atoms with Gasteiger partial charge in [0.15, 0.2) is 18.1 Å². The predicted molar refractivity (Wildman–Crippen MR) is 158 cm³/mol. The van der Waals surface area contributed by atoms with Gasteiger partial charge in [0.2, 0.25) is 0 Å². The first-order valence-electron chi connectivity index (χ1n) is 13.2. The predicted octanol–water partition coefficient (Wildman–Crippen LogP) is 4.13. The van der Waals surface area contributed by atoms with Gasteiger partial charge in [0, 0.05) is 11.3 Å². The molecule has 42 heavy (non-hydrogen) atoms. The van der Waals surface area contributed by atoms with Crippen molar-refractivity contribution in [2.75, 3.05) is 26.9 Å². The van der Waals surface area contributed by atoms with Crippen LogP contribution < -0.4 is 30.3 Å². The summed E-state index contributed by atoms with van der Waals surface area (Å²) < 4.78 is 22.1. The normalized spacial score (nSPS) is 14.6. The molecule has 0 unspecified atom stereocenters. The molecule has 1 aliphatic rings. The molecule has 4 rings (SSSR count). The van der Waals surface area contributed by atoms with E-state index in [1.54, 1.807) is 38.1 Å². The molecule has 0 saturated heterocycles. The number of nitrogens with zero attached hydrogens (tertiary/aromatic N) is 1. The van der Waals surface area contributed by atoms with Gasteiger partial charge in [-0.15, -0.1) is 0 Å². The lowest BCUT2D eigenvalue weighted by Gasteiger charge is -2.28. The smallest absolute Gasteiger partial charge is 0.338 e. The molecule has 218 valence electrons. The number of allylic oxidation sites excluding steroid dienone is 1. The molecule has 0 bridgehead atoms. The highest BCUT2D eigenvalue weighted by molar-refractivity contribution is 6.02. The fourth-order valence-corrected chi connectivity index (χ4v) is 4.43. The number of nitrogens with one attached hydrogen (secondary N) is 3. The van der Waals surface area contributed by atoms with Crippen LogP contribution in [-0.2, 0) is 14.3 Å². The van der Waals surface area contributed by atoms with E-state index in [4.69, 9.17) is 18.9 Å². The molecular formula is C31H32N4O7. The van der Waals surface area contributed by atoms with Gasteiger partial charge in [0.1, 0.15) is 12.4 Å². The minimum absolute atomic E-state index is 0.185. The summed E-state index contributed by atoms with van der Waals surface area (Å²) in [5.74, 6) is 0.144. The summed E-state index contributed by atoms with van der Waals surface area (Å²) in [5.41, 5.74) is 4.41. The highest BCUT2D eigenvalue weighted by Gasteiger charge is 2.32. The number of esters is 1. The third-order valence-corrected chi connectivity index (χ3v) is 6.31. The first kappa shape index (κ1) is 29.7. The van der Waals surface area contributed by atoms with Crippen LogP contribution in [-0.4, -0.2) is 51.1 Å². The first-order chi connectivity index (χ1) is 20.4. The number of amides is 3. The lowest BCUT2D eigenvalue weighted by atomic mass is 9.95. The molecule has 0 aromatic heterocycles. The Balaban J connectivity index is 1.46. The largest absolute Gasteiger partial charge is 0.493 e. The lowest BCUT2D eigenvalue weighted by molar-refractivity contribution is -0.139. The van der Waals surface area contributed by atoms with Gasteiger partial charge < -0.3 is 29.6 Å². The molecule has 1 aliphatic heterocycles. The molecule has 3 aromatic carbocycles. The average molecular weight is 573 g/mol. The van der Waals surface area contributed by atoms with Crippen molar-refractivity contribution in [1.29, 1.82) is 0 Å². The monoisotopic (exact) mass is 572 g/mol. The van der Waals surface area contributed by atoms with E-state index in [2.05, 4.69) is 27.7 Å². The van der Waals surface area contributed by atoms with Crippen LogP contribution in [0.3, 0.4) is 0 Å². The molecule has 3 aromatic rings. The van der Waals surface area contributed by atoms with Crippen molar-refractivity contribution in [3.63, 3.8) is 0 Å². The lowest BCUT2D eigenvalue weighted by Crippen LogP contribution is -2.45. The Morgan fingerprint density at radius 2 is 1.86 bits per heavy atom. The maximum atomic E-state index is 12.6. The highest BCUT2D eigenvalue weighted by atomic mass is 16.5. The second kappa shape index (κ2) is 13.8. The summed E-state index contributed by atoms with van der Waals surface area (Å²) in [6, 6.07) is 15.2. The molecule has 3 N–H and O–H groups in total. The molecule has 3 amide bonds. The van der Waals surface area contributed by atoms with E-state index in [1.165, 1.54) is 13.3 Å². The van der Waals surface area contributed by atoms with E-state index in [-0.39, 0.29) is 24.5 Å². The maximum Gasteiger partial charge on any atom is 0.338 e. The summed E-state index contributed by atoms with van der Waals surface area (Å²) in [6.45, 7) is 7.18. The second-order valence-corrected chi connectivity index (χ2v) is 9.08. The van der Waals surface area contributed by atoms with Crippen LogP contribution in [0.2, 0.25) is 0 Å². The van der Waals surface area contributed by atoms with Gasteiger partial charge in [-0.25, -0.2) is 15.0 Å². The van der Waals surface area contributed by atoms with Crippen LogP contribution in [0.25, 0.3) is 10.8 Å². The third-order valence-electron chi connectivity index (χ3n) is 6.31. The molecule has 0 fully saturated rings. The van der Waals surface area contributed by atoms with E-state index in [1.807, 2.05) is 36.4 Å². The van der Waals surface area contributed by atoms with E-state index in [0.717, 1.165) is 10.8 Å². The van der Waals surface area contributed by atoms with Crippen molar-refractivity contribution >= 4 is 34.9 Å². The minimum atomic E-state index is -0.771. The molecule has 0 aliphatic carbocycles. The molecular weight excluding hydrogens is 540 g/mol. The van der Waals surface area contributed by atoms with E-state index in [0.29, 0.717) is 34.9 Å². The fourth-order valence-electron chi connectivity index (χ4n) is 4.43. The highest BCUT2D eigenvalue weighted by Crippen LogP contribution is 2.34.